The Morgan fingerprint density at radius 2 is 2.09 bits per heavy atom. The smallest absolute Gasteiger partial charge is 0.0513 e. The molecule has 0 aromatic carbocycles. The van der Waals surface area contributed by atoms with Crippen molar-refractivity contribution >= 4 is 5.71 Å². The third-order valence-corrected chi connectivity index (χ3v) is 1.74. The Kier molecular flexibility index (Phi) is 6.13. The largest absolute Gasteiger partial charge is 0.315 e. The summed E-state index contributed by atoms with van der Waals surface area (Å²) in [6, 6.07) is 0. The molecule has 0 aliphatic heterocycles. The van der Waals surface area contributed by atoms with Crippen molar-refractivity contribution in [3.63, 3.8) is 0 Å². The molecule has 66 valence electrons. The van der Waals surface area contributed by atoms with Crippen LogP contribution in [-0.2, 0) is 0 Å². The van der Waals surface area contributed by atoms with E-state index in [1.54, 1.807) is 0 Å². The Labute approximate surface area is 70.1 Å². The zero-order valence-electron chi connectivity index (χ0n) is 8.15. The zero-order valence-corrected chi connectivity index (χ0v) is 8.15. The molecule has 0 unspecified atom stereocenters. The zero-order chi connectivity index (χ0) is 8.69. The molecule has 0 amide bonds. The van der Waals surface area contributed by atoms with Crippen LogP contribution in [-0.4, -0.2) is 25.3 Å². The van der Waals surface area contributed by atoms with Crippen LogP contribution in [0.25, 0.3) is 0 Å². The molecule has 0 saturated carbocycles. The second-order valence-electron chi connectivity index (χ2n) is 3.03. The molecule has 2 nitrogen and oxygen atoms in total. The lowest BCUT2D eigenvalue weighted by Crippen LogP contribution is -2.17. The maximum Gasteiger partial charge on any atom is 0.0513 e. The van der Waals surface area contributed by atoms with E-state index in [0.29, 0.717) is 5.92 Å². The van der Waals surface area contributed by atoms with Crippen molar-refractivity contribution in [2.75, 3.05) is 19.6 Å². The van der Waals surface area contributed by atoms with E-state index >= 15 is 0 Å². The van der Waals surface area contributed by atoms with Gasteiger partial charge in [0.1, 0.15) is 0 Å². The summed E-state index contributed by atoms with van der Waals surface area (Å²) in [5.41, 5.74) is 1.25. The lowest BCUT2D eigenvalue weighted by atomic mass is 10.1. The summed E-state index contributed by atoms with van der Waals surface area (Å²) in [7, 11) is 0. The molecule has 2 heteroatoms. The highest BCUT2D eigenvalue weighted by atomic mass is 14.9. The normalized spacial score (nSPS) is 12.6. The first-order valence-corrected chi connectivity index (χ1v) is 4.40. The first-order chi connectivity index (χ1) is 5.18. The van der Waals surface area contributed by atoms with Crippen LogP contribution in [0.2, 0.25) is 0 Å². The van der Waals surface area contributed by atoms with Crippen molar-refractivity contribution in [1.82, 2.24) is 5.32 Å². The molecular formula is C9H20N2. The summed E-state index contributed by atoms with van der Waals surface area (Å²) in [6.45, 7) is 11.5. The van der Waals surface area contributed by atoms with Crippen LogP contribution < -0.4 is 5.32 Å². The van der Waals surface area contributed by atoms with Crippen molar-refractivity contribution in [2.45, 2.75) is 27.7 Å². The molecule has 0 aromatic heterocycles. The first kappa shape index (κ1) is 10.6. The second-order valence-corrected chi connectivity index (χ2v) is 3.03. The summed E-state index contributed by atoms with van der Waals surface area (Å²) < 4.78 is 0. The van der Waals surface area contributed by atoms with Crippen LogP contribution in [0.5, 0.6) is 0 Å². The SMILES string of the molecule is CCNCCN=C(C)C(C)C. The van der Waals surface area contributed by atoms with Crippen LogP contribution in [0.15, 0.2) is 4.99 Å². The molecule has 0 saturated heterocycles. The molecule has 0 aliphatic rings. The highest BCUT2D eigenvalue weighted by Crippen LogP contribution is 1.94. The summed E-state index contributed by atoms with van der Waals surface area (Å²) in [4.78, 5) is 4.42. The van der Waals surface area contributed by atoms with Crippen LogP contribution in [0.3, 0.4) is 0 Å². The van der Waals surface area contributed by atoms with Gasteiger partial charge < -0.3 is 5.32 Å². The van der Waals surface area contributed by atoms with Gasteiger partial charge in [0.15, 0.2) is 0 Å². The molecule has 0 heterocycles. The molecule has 0 aromatic rings. The first-order valence-electron chi connectivity index (χ1n) is 4.40. The maximum atomic E-state index is 4.42. The van der Waals surface area contributed by atoms with Gasteiger partial charge >= 0.3 is 0 Å². The van der Waals surface area contributed by atoms with E-state index in [-0.39, 0.29) is 0 Å². The fraction of sp³-hybridized carbons (Fsp3) is 0.889. The fourth-order valence-electron chi connectivity index (χ4n) is 0.671. The molecule has 0 bridgehead atoms. The Morgan fingerprint density at radius 3 is 2.55 bits per heavy atom. The van der Waals surface area contributed by atoms with Gasteiger partial charge in [-0.15, -0.1) is 0 Å². The van der Waals surface area contributed by atoms with Crippen LogP contribution in [0.4, 0.5) is 0 Å². The number of nitrogens with one attached hydrogen (secondary N) is 1. The average Bonchev–Trinajstić information content (AvgIpc) is 1.97. The van der Waals surface area contributed by atoms with Crippen molar-refractivity contribution in [1.29, 1.82) is 0 Å². The third kappa shape index (κ3) is 6.05. The van der Waals surface area contributed by atoms with E-state index < -0.39 is 0 Å². The molecule has 0 aliphatic carbocycles. The molecule has 0 atom stereocenters. The van der Waals surface area contributed by atoms with Crippen LogP contribution in [0.1, 0.15) is 27.7 Å². The van der Waals surface area contributed by atoms with Crippen LogP contribution in [0, 0.1) is 5.92 Å². The third-order valence-electron chi connectivity index (χ3n) is 1.74. The van der Waals surface area contributed by atoms with Gasteiger partial charge in [0.2, 0.25) is 0 Å². The number of hydrogen-bond acceptors (Lipinski definition) is 2. The summed E-state index contributed by atoms with van der Waals surface area (Å²) in [5.74, 6) is 0.594. The minimum atomic E-state index is 0.594. The Hall–Kier alpha value is -0.370. The van der Waals surface area contributed by atoms with E-state index in [1.807, 2.05) is 0 Å². The molecule has 1 N–H and O–H groups in total. The summed E-state index contributed by atoms with van der Waals surface area (Å²) >= 11 is 0. The van der Waals surface area contributed by atoms with E-state index in [1.165, 1.54) is 5.71 Å². The predicted octanol–water partition coefficient (Wildman–Crippen LogP) is 1.71. The summed E-state index contributed by atoms with van der Waals surface area (Å²) in [5, 5.41) is 3.24. The number of likely N-dealkylation sites (N-methyl/N-ethyl adjacent to an activating group) is 1. The van der Waals surface area contributed by atoms with Crippen molar-refractivity contribution in [2.24, 2.45) is 10.9 Å². The number of rotatable bonds is 5. The Bertz CT molecular complexity index is 117. The standard InChI is InChI=1S/C9H20N2/c1-5-10-6-7-11-9(4)8(2)3/h8,10H,5-7H2,1-4H3. The van der Waals surface area contributed by atoms with Crippen molar-refractivity contribution in [3.8, 4) is 0 Å². The Balaban J connectivity index is 3.40. The molecule has 0 rings (SSSR count). The molecule has 0 fully saturated rings. The van der Waals surface area contributed by atoms with E-state index in [0.717, 1.165) is 19.6 Å². The topological polar surface area (TPSA) is 24.4 Å². The van der Waals surface area contributed by atoms with Gasteiger partial charge in [-0.25, -0.2) is 0 Å². The molecule has 0 radical (unpaired) electrons. The quantitative estimate of drug-likeness (QED) is 0.475. The minimum absolute atomic E-state index is 0.594. The molecule has 11 heavy (non-hydrogen) atoms. The minimum Gasteiger partial charge on any atom is -0.315 e. The summed E-state index contributed by atoms with van der Waals surface area (Å²) in [6.07, 6.45) is 0. The lowest BCUT2D eigenvalue weighted by Gasteiger charge is -2.03. The van der Waals surface area contributed by atoms with Crippen LogP contribution >= 0.6 is 0 Å². The van der Waals surface area contributed by atoms with E-state index in [4.69, 9.17) is 0 Å². The molecule has 0 spiro atoms. The number of aliphatic imine (C=N–C) groups is 1. The van der Waals surface area contributed by atoms with Gasteiger partial charge in [0.05, 0.1) is 6.54 Å². The molecular weight excluding hydrogens is 136 g/mol. The van der Waals surface area contributed by atoms with Gasteiger partial charge in [-0.1, -0.05) is 20.8 Å². The van der Waals surface area contributed by atoms with Gasteiger partial charge in [-0.05, 0) is 19.4 Å². The second kappa shape index (κ2) is 6.35. The highest BCUT2D eigenvalue weighted by molar-refractivity contribution is 5.83. The number of hydrogen-bond donors (Lipinski definition) is 1. The van der Waals surface area contributed by atoms with Gasteiger partial charge in [0.25, 0.3) is 0 Å². The van der Waals surface area contributed by atoms with Crippen molar-refractivity contribution < 1.29 is 0 Å². The van der Waals surface area contributed by atoms with Gasteiger partial charge in [-0.3, -0.25) is 4.99 Å². The van der Waals surface area contributed by atoms with Gasteiger partial charge in [0, 0.05) is 12.3 Å². The lowest BCUT2D eigenvalue weighted by molar-refractivity contribution is 0.721. The van der Waals surface area contributed by atoms with E-state index in [2.05, 4.69) is 38.0 Å². The average molecular weight is 156 g/mol. The van der Waals surface area contributed by atoms with E-state index in [9.17, 15) is 0 Å². The maximum absolute atomic E-state index is 4.42. The number of nitrogens with zero attached hydrogens (tertiary/aromatic N) is 1. The predicted molar refractivity (Wildman–Crippen MR) is 51.4 cm³/mol. The Morgan fingerprint density at radius 1 is 1.45 bits per heavy atom. The van der Waals surface area contributed by atoms with Crippen molar-refractivity contribution in [3.05, 3.63) is 0 Å². The monoisotopic (exact) mass is 156 g/mol. The van der Waals surface area contributed by atoms with Gasteiger partial charge in [-0.2, -0.15) is 0 Å². The fourth-order valence-corrected chi connectivity index (χ4v) is 0.671. The highest BCUT2D eigenvalue weighted by Gasteiger charge is 1.95.